The summed E-state index contributed by atoms with van der Waals surface area (Å²) in [5, 5.41) is 9.72. The van der Waals surface area contributed by atoms with Gasteiger partial charge in [0.25, 0.3) is 0 Å². The zero-order chi connectivity index (χ0) is 18.3. The number of hydrazone groups is 1. The molecule has 0 bridgehead atoms. The van der Waals surface area contributed by atoms with Gasteiger partial charge in [-0.05, 0) is 54.7 Å². The molecule has 2 N–H and O–H groups in total. The van der Waals surface area contributed by atoms with Crippen molar-refractivity contribution < 1.29 is 4.79 Å². The summed E-state index contributed by atoms with van der Waals surface area (Å²) < 4.78 is 0. The molecule has 1 aliphatic carbocycles. The third-order valence-corrected chi connectivity index (χ3v) is 4.85. The van der Waals surface area contributed by atoms with Gasteiger partial charge < -0.3 is 5.32 Å². The molecular formula is C21H17N3OS. The van der Waals surface area contributed by atoms with Crippen molar-refractivity contribution in [2.75, 3.05) is 5.32 Å². The van der Waals surface area contributed by atoms with Crippen LogP contribution in [0.2, 0.25) is 0 Å². The molecule has 0 atom stereocenters. The molecule has 0 aliphatic heterocycles. The van der Waals surface area contributed by atoms with E-state index in [1.165, 1.54) is 11.1 Å². The number of thiocarbonyl (C=S) groups is 1. The normalized spacial score (nSPS) is 14.1. The number of Topliss-reactive ketones (excluding diaryl/α,β-unsaturated/α-hetero) is 1. The van der Waals surface area contributed by atoms with E-state index in [1.807, 2.05) is 61.5 Å². The van der Waals surface area contributed by atoms with Gasteiger partial charge in [-0.3, -0.25) is 10.2 Å². The molecule has 3 aromatic rings. The third kappa shape index (κ3) is 2.76. The number of hydrogen-bond donors (Lipinski definition) is 2. The van der Waals surface area contributed by atoms with Crippen molar-refractivity contribution in [3.8, 4) is 0 Å². The Labute approximate surface area is 156 Å². The second-order valence-electron chi connectivity index (χ2n) is 6.36. The van der Waals surface area contributed by atoms with Gasteiger partial charge in [0.1, 0.15) is 5.71 Å². The van der Waals surface area contributed by atoms with E-state index >= 15 is 0 Å². The zero-order valence-corrected chi connectivity index (χ0v) is 15.3. The predicted molar refractivity (Wildman–Crippen MR) is 110 cm³/mol. The van der Waals surface area contributed by atoms with Gasteiger partial charge in [0.05, 0.1) is 0 Å². The predicted octanol–water partition coefficient (Wildman–Crippen LogP) is 4.34. The maximum atomic E-state index is 12.7. The van der Waals surface area contributed by atoms with Crippen molar-refractivity contribution in [2.24, 2.45) is 5.10 Å². The second kappa shape index (κ2) is 6.35. The molecule has 0 unspecified atom stereocenters. The van der Waals surface area contributed by atoms with Gasteiger partial charge in [-0.15, -0.1) is 0 Å². The molecule has 0 fully saturated rings. The third-order valence-electron chi connectivity index (χ3n) is 4.65. The van der Waals surface area contributed by atoms with Crippen LogP contribution >= 0.6 is 12.2 Å². The number of carbonyl (C=O) groups is 1. The van der Waals surface area contributed by atoms with Gasteiger partial charge in [0.15, 0.2) is 5.11 Å². The fourth-order valence-corrected chi connectivity index (χ4v) is 3.34. The highest BCUT2D eigenvalue weighted by molar-refractivity contribution is 7.80. The van der Waals surface area contributed by atoms with Crippen LogP contribution in [0.4, 0.5) is 5.69 Å². The molecule has 4 nitrogen and oxygen atoms in total. The molecule has 0 amide bonds. The molecule has 0 heterocycles. The van der Waals surface area contributed by atoms with Crippen molar-refractivity contribution >= 4 is 45.3 Å². The highest BCUT2D eigenvalue weighted by Gasteiger charge is 2.28. The number of aryl methyl sites for hydroxylation is 2. The Bertz CT molecular complexity index is 1100. The molecule has 0 saturated carbocycles. The average molecular weight is 359 g/mol. The summed E-state index contributed by atoms with van der Waals surface area (Å²) in [5.41, 5.74) is 8.00. The first kappa shape index (κ1) is 16.4. The summed E-state index contributed by atoms with van der Waals surface area (Å²) in [6.45, 7) is 4.11. The summed E-state index contributed by atoms with van der Waals surface area (Å²) in [5.74, 6) is -0.0849. The molecule has 0 saturated heterocycles. The average Bonchev–Trinajstić information content (AvgIpc) is 2.91. The van der Waals surface area contributed by atoms with Crippen molar-refractivity contribution in [3.63, 3.8) is 0 Å². The van der Waals surface area contributed by atoms with E-state index in [4.69, 9.17) is 12.2 Å². The smallest absolute Gasteiger partial charge is 0.214 e. The standard InChI is InChI=1S/C21H17N3OS/c1-12-9-10-15(11-13(12)2)22-21(26)24-23-19-16-7-3-5-14-6-4-8-17(18(14)16)20(19)25/h3-11H,1-2H3,(H2,22,24,26). The topological polar surface area (TPSA) is 53.5 Å². The van der Waals surface area contributed by atoms with Gasteiger partial charge >= 0.3 is 0 Å². The van der Waals surface area contributed by atoms with Gasteiger partial charge in [-0.25, -0.2) is 0 Å². The minimum Gasteiger partial charge on any atom is -0.331 e. The van der Waals surface area contributed by atoms with Crippen molar-refractivity contribution in [2.45, 2.75) is 13.8 Å². The lowest BCUT2D eigenvalue weighted by Gasteiger charge is -2.09. The van der Waals surface area contributed by atoms with Crippen LogP contribution in [0, 0.1) is 13.8 Å². The Morgan fingerprint density at radius 3 is 2.42 bits per heavy atom. The van der Waals surface area contributed by atoms with Crippen molar-refractivity contribution in [1.82, 2.24) is 5.43 Å². The van der Waals surface area contributed by atoms with Crippen LogP contribution in [0.1, 0.15) is 27.0 Å². The van der Waals surface area contributed by atoms with E-state index in [1.54, 1.807) is 0 Å². The highest BCUT2D eigenvalue weighted by atomic mass is 32.1. The number of benzene rings is 3. The molecule has 4 rings (SSSR count). The second-order valence-corrected chi connectivity index (χ2v) is 6.77. The number of nitrogens with one attached hydrogen (secondary N) is 2. The lowest BCUT2D eigenvalue weighted by atomic mass is 10.1. The summed E-state index contributed by atoms with van der Waals surface area (Å²) >= 11 is 5.31. The van der Waals surface area contributed by atoms with Gasteiger partial charge in [-0.1, -0.05) is 42.5 Å². The minimum atomic E-state index is -0.0849. The Morgan fingerprint density at radius 1 is 0.962 bits per heavy atom. The number of nitrogens with zero attached hydrogens (tertiary/aromatic N) is 1. The number of ketones is 1. The molecule has 0 spiro atoms. The summed E-state index contributed by atoms with van der Waals surface area (Å²) in [6.07, 6.45) is 0. The maximum absolute atomic E-state index is 12.7. The van der Waals surface area contributed by atoms with E-state index < -0.39 is 0 Å². The molecular weight excluding hydrogens is 342 g/mol. The van der Waals surface area contributed by atoms with E-state index in [9.17, 15) is 4.79 Å². The first-order chi connectivity index (χ1) is 12.5. The van der Waals surface area contributed by atoms with Crippen LogP contribution in [0.3, 0.4) is 0 Å². The molecule has 1 aliphatic rings. The molecule has 0 aromatic heterocycles. The van der Waals surface area contributed by atoms with Crippen LogP contribution in [0.5, 0.6) is 0 Å². The van der Waals surface area contributed by atoms with Crippen molar-refractivity contribution in [3.05, 3.63) is 76.9 Å². The maximum Gasteiger partial charge on any atom is 0.214 e. The van der Waals surface area contributed by atoms with Gasteiger partial charge in [-0.2, -0.15) is 5.10 Å². The molecule has 5 heteroatoms. The van der Waals surface area contributed by atoms with Gasteiger partial charge in [0.2, 0.25) is 5.78 Å². The summed E-state index contributed by atoms with van der Waals surface area (Å²) in [4.78, 5) is 12.7. The molecule has 128 valence electrons. The fourth-order valence-electron chi connectivity index (χ4n) is 3.17. The lowest BCUT2D eigenvalue weighted by molar-refractivity contribution is 0.106. The van der Waals surface area contributed by atoms with Crippen LogP contribution in [-0.4, -0.2) is 16.6 Å². The van der Waals surface area contributed by atoms with Crippen molar-refractivity contribution in [1.29, 1.82) is 0 Å². The van der Waals surface area contributed by atoms with E-state index in [0.29, 0.717) is 16.4 Å². The fraction of sp³-hybridized carbons (Fsp3) is 0.0952. The largest absolute Gasteiger partial charge is 0.331 e. The zero-order valence-electron chi connectivity index (χ0n) is 14.5. The lowest BCUT2D eigenvalue weighted by Crippen LogP contribution is -2.26. The van der Waals surface area contributed by atoms with E-state index in [2.05, 4.69) is 22.8 Å². The quantitative estimate of drug-likeness (QED) is 0.528. The van der Waals surface area contributed by atoms with Crippen LogP contribution < -0.4 is 10.7 Å². The summed E-state index contributed by atoms with van der Waals surface area (Å²) in [7, 11) is 0. The Morgan fingerprint density at radius 2 is 1.69 bits per heavy atom. The molecule has 3 aromatic carbocycles. The number of rotatable bonds is 2. The highest BCUT2D eigenvalue weighted by Crippen LogP contribution is 2.30. The number of hydrogen-bond acceptors (Lipinski definition) is 3. The Balaban J connectivity index is 1.58. The van der Waals surface area contributed by atoms with Gasteiger partial charge in [0, 0.05) is 22.2 Å². The van der Waals surface area contributed by atoms with E-state index in [0.717, 1.165) is 22.0 Å². The minimum absolute atomic E-state index is 0.0849. The Kier molecular flexibility index (Phi) is 4.01. The molecule has 26 heavy (non-hydrogen) atoms. The first-order valence-corrected chi connectivity index (χ1v) is 8.74. The van der Waals surface area contributed by atoms with Crippen LogP contribution in [-0.2, 0) is 0 Å². The first-order valence-electron chi connectivity index (χ1n) is 8.33. The monoisotopic (exact) mass is 359 g/mol. The summed E-state index contributed by atoms with van der Waals surface area (Å²) in [6, 6.07) is 17.6. The molecule has 0 radical (unpaired) electrons. The SMILES string of the molecule is Cc1ccc(NC(=S)NN=C2C(=O)c3cccc4cccc2c34)cc1C. The van der Waals surface area contributed by atoms with Crippen LogP contribution in [0.25, 0.3) is 10.8 Å². The number of anilines is 1. The number of carbonyl (C=O) groups excluding carboxylic acids is 1. The Hall–Kier alpha value is -3.05. The van der Waals surface area contributed by atoms with E-state index in [-0.39, 0.29) is 5.78 Å². The van der Waals surface area contributed by atoms with Crippen LogP contribution in [0.15, 0.2) is 59.7 Å².